The molecule has 0 saturated carbocycles. The minimum atomic E-state index is 0.0539. The summed E-state index contributed by atoms with van der Waals surface area (Å²) in [5.41, 5.74) is 1.26. The highest BCUT2D eigenvalue weighted by atomic mass is 16.5. The predicted octanol–water partition coefficient (Wildman–Crippen LogP) is 2.11. The molecule has 8 nitrogen and oxygen atoms in total. The second-order valence-corrected chi connectivity index (χ2v) is 6.14. The largest absolute Gasteiger partial charge is 0.337 e. The van der Waals surface area contributed by atoms with Crippen molar-refractivity contribution in [2.24, 2.45) is 0 Å². The van der Waals surface area contributed by atoms with E-state index >= 15 is 0 Å². The normalized spacial score (nSPS) is 17.6. The number of hydrogen-bond donors (Lipinski definition) is 0. The van der Waals surface area contributed by atoms with Crippen LogP contribution in [0.1, 0.15) is 35.1 Å². The average Bonchev–Trinajstić information content (AvgIpc) is 3.31. The van der Waals surface area contributed by atoms with Gasteiger partial charge in [0.1, 0.15) is 0 Å². The van der Waals surface area contributed by atoms with E-state index in [-0.39, 0.29) is 11.9 Å². The molecule has 2 aromatic heterocycles. The van der Waals surface area contributed by atoms with Gasteiger partial charge in [0.15, 0.2) is 11.5 Å². The lowest BCUT2D eigenvalue weighted by Crippen LogP contribution is -2.40. The van der Waals surface area contributed by atoms with E-state index in [1.165, 1.54) is 0 Å². The molecule has 0 aliphatic carbocycles. The molecule has 1 aromatic carbocycles. The van der Waals surface area contributed by atoms with Gasteiger partial charge in [-0.2, -0.15) is 4.98 Å². The van der Waals surface area contributed by atoms with Gasteiger partial charge >= 0.3 is 0 Å². The third-order valence-electron chi connectivity index (χ3n) is 4.34. The molecular formula is C17H18N6O2. The van der Waals surface area contributed by atoms with E-state index in [1.54, 1.807) is 17.8 Å². The molecule has 3 heterocycles. The first-order valence-corrected chi connectivity index (χ1v) is 8.27. The van der Waals surface area contributed by atoms with Crippen molar-refractivity contribution in [1.82, 2.24) is 30.0 Å². The van der Waals surface area contributed by atoms with E-state index in [4.69, 9.17) is 4.52 Å². The van der Waals surface area contributed by atoms with Crippen molar-refractivity contribution in [3.05, 3.63) is 47.9 Å². The molecule has 1 aliphatic rings. The van der Waals surface area contributed by atoms with Gasteiger partial charge in [-0.25, -0.2) is 4.68 Å². The summed E-state index contributed by atoms with van der Waals surface area (Å²) < 4.78 is 6.92. The van der Waals surface area contributed by atoms with Gasteiger partial charge < -0.3 is 9.42 Å². The van der Waals surface area contributed by atoms with Crippen molar-refractivity contribution in [3.8, 4) is 11.6 Å². The van der Waals surface area contributed by atoms with Crippen LogP contribution < -0.4 is 0 Å². The topological polar surface area (TPSA) is 89.9 Å². The number of hydrogen-bond acceptors (Lipinski definition) is 6. The molecule has 1 unspecified atom stereocenters. The second-order valence-electron chi connectivity index (χ2n) is 6.14. The summed E-state index contributed by atoms with van der Waals surface area (Å²) in [5.74, 6) is 0.969. The SMILES string of the molecule is Cc1noc(-c2cn(C3CCCN(C(=O)c4ccccc4)C3)nn2)n1. The zero-order valence-electron chi connectivity index (χ0n) is 13.9. The summed E-state index contributed by atoms with van der Waals surface area (Å²) >= 11 is 0. The van der Waals surface area contributed by atoms with Gasteiger partial charge in [-0.1, -0.05) is 28.6 Å². The van der Waals surface area contributed by atoms with Gasteiger partial charge in [-0.3, -0.25) is 4.79 Å². The van der Waals surface area contributed by atoms with Crippen LogP contribution in [-0.4, -0.2) is 49.0 Å². The number of nitrogens with zero attached hydrogens (tertiary/aromatic N) is 6. The Morgan fingerprint density at radius 3 is 2.88 bits per heavy atom. The van der Waals surface area contributed by atoms with Crippen LogP contribution >= 0.6 is 0 Å². The fourth-order valence-corrected chi connectivity index (χ4v) is 3.07. The van der Waals surface area contributed by atoms with Gasteiger partial charge in [0, 0.05) is 18.7 Å². The van der Waals surface area contributed by atoms with E-state index < -0.39 is 0 Å². The third-order valence-corrected chi connectivity index (χ3v) is 4.34. The zero-order valence-corrected chi connectivity index (χ0v) is 13.9. The van der Waals surface area contributed by atoms with Crippen LogP contribution in [0.15, 0.2) is 41.1 Å². The van der Waals surface area contributed by atoms with Crippen LogP contribution in [0.4, 0.5) is 0 Å². The van der Waals surface area contributed by atoms with Crippen LogP contribution in [0.25, 0.3) is 11.6 Å². The maximum atomic E-state index is 12.7. The monoisotopic (exact) mass is 338 g/mol. The molecule has 0 N–H and O–H groups in total. The fraction of sp³-hybridized carbons (Fsp3) is 0.353. The third kappa shape index (κ3) is 3.15. The predicted molar refractivity (Wildman–Crippen MR) is 88.7 cm³/mol. The number of aromatic nitrogens is 5. The van der Waals surface area contributed by atoms with Gasteiger partial charge in [0.2, 0.25) is 0 Å². The molecule has 3 aromatic rings. The Labute approximate surface area is 144 Å². The van der Waals surface area contributed by atoms with Gasteiger partial charge in [0.05, 0.1) is 12.2 Å². The maximum absolute atomic E-state index is 12.7. The Balaban J connectivity index is 1.50. The van der Waals surface area contributed by atoms with Crippen LogP contribution in [0.5, 0.6) is 0 Å². The average molecular weight is 338 g/mol. The lowest BCUT2D eigenvalue weighted by atomic mass is 10.0. The van der Waals surface area contributed by atoms with Gasteiger partial charge in [-0.05, 0) is 31.9 Å². The highest BCUT2D eigenvalue weighted by molar-refractivity contribution is 5.94. The van der Waals surface area contributed by atoms with Crippen molar-refractivity contribution in [2.75, 3.05) is 13.1 Å². The molecule has 8 heteroatoms. The molecule has 0 bridgehead atoms. The minimum absolute atomic E-state index is 0.0539. The van der Waals surface area contributed by atoms with Crippen molar-refractivity contribution in [2.45, 2.75) is 25.8 Å². The summed E-state index contributed by atoms with van der Waals surface area (Å²) in [6.45, 7) is 3.12. The molecule has 1 aliphatic heterocycles. The molecule has 1 fully saturated rings. The summed E-state index contributed by atoms with van der Waals surface area (Å²) in [4.78, 5) is 18.7. The highest BCUT2D eigenvalue weighted by Gasteiger charge is 2.26. The number of carbonyl (C=O) groups excluding carboxylic acids is 1. The van der Waals surface area contributed by atoms with Crippen LogP contribution in [0.3, 0.4) is 0 Å². The first kappa shape index (κ1) is 15.5. The van der Waals surface area contributed by atoms with Crippen molar-refractivity contribution in [3.63, 3.8) is 0 Å². The Morgan fingerprint density at radius 1 is 1.28 bits per heavy atom. The number of likely N-dealkylation sites (tertiary alicyclic amines) is 1. The van der Waals surface area contributed by atoms with Gasteiger partial charge in [0.25, 0.3) is 11.8 Å². The Bertz CT molecular complexity index is 872. The van der Waals surface area contributed by atoms with E-state index in [2.05, 4.69) is 20.5 Å². The van der Waals surface area contributed by atoms with Gasteiger partial charge in [-0.15, -0.1) is 5.10 Å². The molecule has 128 valence electrons. The van der Waals surface area contributed by atoms with E-state index in [0.29, 0.717) is 29.5 Å². The summed E-state index contributed by atoms with van der Waals surface area (Å²) in [7, 11) is 0. The summed E-state index contributed by atoms with van der Waals surface area (Å²) in [6, 6.07) is 9.45. The maximum Gasteiger partial charge on any atom is 0.280 e. The number of rotatable bonds is 3. The first-order valence-electron chi connectivity index (χ1n) is 8.27. The first-order chi connectivity index (χ1) is 12.2. The van der Waals surface area contributed by atoms with E-state index in [9.17, 15) is 4.79 Å². The smallest absolute Gasteiger partial charge is 0.280 e. The minimum Gasteiger partial charge on any atom is -0.337 e. The molecule has 1 atom stereocenters. The fourth-order valence-electron chi connectivity index (χ4n) is 3.07. The van der Waals surface area contributed by atoms with Crippen LogP contribution in [0, 0.1) is 6.92 Å². The van der Waals surface area contributed by atoms with E-state index in [0.717, 1.165) is 19.4 Å². The Kier molecular flexibility index (Phi) is 4.01. The highest BCUT2D eigenvalue weighted by Crippen LogP contribution is 2.24. The standard InChI is InChI=1S/C17H18N6O2/c1-12-18-16(25-20-12)15-11-23(21-19-15)14-8-5-9-22(10-14)17(24)13-6-3-2-4-7-13/h2-4,6-7,11,14H,5,8-10H2,1H3. The lowest BCUT2D eigenvalue weighted by Gasteiger charge is -2.32. The van der Waals surface area contributed by atoms with Crippen LogP contribution in [0.2, 0.25) is 0 Å². The second kappa shape index (κ2) is 6.46. The summed E-state index contributed by atoms with van der Waals surface area (Å²) in [5, 5.41) is 12.1. The number of carbonyl (C=O) groups is 1. The lowest BCUT2D eigenvalue weighted by molar-refractivity contribution is 0.0672. The molecule has 1 saturated heterocycles. The zero-order chi connectivity index (χ0) is 17.2. The quantitative estimate of drug-likeness (QED) is 0.726. The van der Waals surface area contributed by atoms with E-state index in [1.807, 2.05) is 35.2 Å². The molecule has 25 heavy (non-hydrogen) atoms. The molecular weight excluding hydrogens is 320 g/mol. The number of amides is 1. The van der Waals surface area contributed by atoms with Crippen molar-refractivity contribution < 1.29 is 9.32 Å². The number of piperidine rings is 1. The number of benzene rings is 1. The molecule has 4 rings (SSSR count). The van der Waals surface area contributed by atoms with Crippen molar-refractivity contribution >= 4 is 5.91 Å². The molecule has 0 spiro atoms. The number of aryl methyl sites for hydroxylation is 1. The molecule has 1 amide bonds. The summed E-state index contributed by atoms with van der Waals surface area (Å²) in [6.07, 6.45) is 3.68. The molecule has 0 radical (unpaired) electrons. The Hall–Kier alpha value is -3.03. The van der Waals surface area contributed by atoms with Crippen molar-refractivity contribution in [1.29, 1.82) is 0 Å². The Morgan fingerprint density at radius 2 is 2.12 bits per heavy atom. The van der Waals surface area contributed by atoms with Crippen LogP contribution in [-0.2, 0) is 0 Å².